The maximum Gasteiger partial charge on any atom is 0.375 e. The molecule has 0 radical (unpaired) electrons. The van der Waals surface area contributed by atoms with Gasteiger partial charge in [-0.3, -0.25) is 0 Å². The molecule has 1 aliphatic heterocycles. The molecular formula is C42H66F2N2O4S. The van der Waals surface area contributed by atoms with Crippen LogP contribution in [0.1, 0.15) is 119 Å². The normalized spacial score (nSPS) is 41.4. The number of alkyl halides is 2. The fraction of sp³-hybridized carbons (Fsp3) is 0.833. The van der Waals surface area contributed by atoms with E-state index in [4.69, 9.17) is 0 Å². The lowest BCUT2D eigenvalue weighted by molar-refractivity contribution is -0.170. The zero-order chi connectivity index (χ0) is 37.2. The highest BCUT2D eigenvalue weighted by Gasteiger charge is 2.60. The molecule has 0 amide bonds. The van der Waals surface area contributed by atoms with Crippen molar-refractivity contribution in [3.63, 3.8) is 0 Å². The summed E-state index contributed by atoms with van der Waals surface area (Å²) in [6.45, 7) is 22.1. The molecule has 0 aromatic carbocycles. The number of nitrogens with zero attached hydrogens (tertiary/aromatic N) is 1. The van der Waals surface area contributed by atoms with Gasteiger partial charge in [0.1, 0.15) is 0 Å². The van der Waals surface area contributed by atoms with Crippen LogP contribution in [0.2, 0.25) is 0 Å². The van der Waals surface area contributed by atoms with E-state index in [1.165, 1.54) is 49.7 Å². The lowest BCUT2D eigenvalue weighted by atomic mass is 9.47. The Balaban J connectivity index is 1.23. The van der Waals surface area contributed by atoms with Crippen LogP contribution in [-0.2, 0) is 14.6 Å². The van der Waals surface area contributed by atoms with E-state index >= 15 is 0 Å². The van der Waals surface area contributed by atoms with Gasteiger partial charge in [-0.05, 0) is 135 Å². The number of hydrogen-bond donors (Lipinski definition) is 2. The predicted octanol–water partition coefficient (Wildman–Crippen LogP) is 8.70. The highest BCUT2D eigenvalue weighted by molar-refractivity contribution is 7.91. The molecule has 9 heteroatoms. The van der Waals surface area contributed by atoms with Gasteiger partial charge >= 0.3 is 11.9 Å². The number of aliphatic carboxylic acids is 1. The molecule has 9 atom stereocenters. The van der Waals surface area contributed by atoms with Crippen LogP contribution >= 0.6 is 0 Å². The van der Waals surface area contributed by atoms with E-state index in [1.807, 2.05) is 0 Å². The van der Waals surface area contributed by atoms with Crippen LogP contribution in [0.4, 0.5) is 8.78 Å². The third kappa shape index (κ3) is 7.08. The zero-order valence-corrected chi connectivity index (χ0v) is 33.2. The Morgan fingerprint density at radius 3 is 2.41 bits per heavy atom. The number of nitrogens with one attached hydrogen (secondary N) is 1. The van der Waals surface area contributed by atoms with Crippen LogP contribution in [0, 0.1) is 51.8 Å². The number of sulfone groups is 1. The van der Waals surface area contributed by atoms with Gasteiger partial charge in [0, 0.05) is 31.7 Å². The van der Waals surface area contributed by atoms with E-state index in [1.54, 1.807) is 6.08 Å². The predicted molar refractivity (Wildman–Crippen MR) is 201 cm³/mol. The summed E-state index contributed by atoms with van der Waals surface area (Å²) in [6.07, 6.45) is 16.1. The van der Waals surface area contributed by atoms with E-state index in [0.717, 1.165) is 44.3 Å². The van der Waals surface area contributed by atoms with Gasteiger partial charge in [0.2, 0.25) is 0 Å². The molecule has 51 heavy (non-hydrogen) atoms. The van der Waals surface area contributed by atoms with Crippen molar-refractivity contribution in [2.75, 3.05) is 37.7 Å². The Labute approximate surface area is 307 Å². The summed E-state index contributed by atoms with van der Waals surface area (Å²) in [5, 5.41) is 13.4. The molecule has 288 valence electrons. The van der Waals surface area contributed by atoms with Crippen LogP contribution in [0.15, 0.2) is 35.5 Å². The summed E-state index contributed by atoms with van der Waals surface area (Å²) in [6, 6.07) is 0. The number of rotatable bonds is 8. The number of carbonyl (C=O) groups is 1. The van der Waals surface area contributed by atoms with E-state index in [-0.39, 0.29) is 39.7 Å². The minimum absolute atomic E-state index is 0.0979. The Bertz CT molecular complexity index is 1520. The fourth-order valence-corrected chi connectivity index (χ4v) is 14.1. The third-order valence-electron chi connectivity index (χ3n) is 16.0. The fourth-order valence-electron chi connectivity index (χ4n) is 12.8. The first kappa shape index (κ1) is 39.1. The van der Waals surface area contributed by atoms with Gasteiger partial charge in [-0.15, -0.1) is 0 Å². The topological polar surface area (TPSA) is 86.7 Å². The molecule has 1 heterocycles. The second kappa shape index (κ2) is 13.9. The van der Waals surface area contributed by atoms with Crippen LogP contribution in [0.25, 0.3) is 0 Å². The Hall–Kier alpha value is -1.58. The van der Waals surface area contributed by atoms with Gasteiger partial charge in [0.25, 0.3) is 0 Å². The number of halogens is 2. The van der Waals surface area contributed by atoms with Crippen molar-refractivity contribution in [2.24, 2.45) is 51.8 Å². The molecule has 4 fully saturated rings. The standard InChI is InChI=1S/C42H66F2N2O4S/c1-28(2)32-14-18-41(45-21-22-46-23-25-51(49,50)26-24-46)20-19-40(7)29(3)10-13-35-38(4,5)33(30-11-12-31(27-30)42(43,44)37(47)48)15-17-39(35,6)16-8-9-34(40)36(32)41/h15,27,29,31-32,34-36,45H,1,8-14,16-26H2,2-7H3,(H,47,48). The van der Waals surface area contributed by atoms with Crippen molar-refractivity contribution < 1.29 is 27.1 Å². The first-order valence-corrected chi connectivity index (χ1v) is 21.9. The van der Waals surface area contributed by atoms with Crippen LogP contribution in [0.3, 0.4) is 0 Å². The van der Waals surface area contributed by atoms with Gasteiger partial charge in [-0.1, -0.05) is 65.3 Å². The largest absolute Gasteiger partial charge is 0.477 e. The summed E-state index contributed by atoms with van der Waals surface area (Å²) in [4.78, 5) is 13.7. The maximum absolute atomic E-state index is 14.6. The first-order chi connectivity index (χ1) is 23.8. The van der Waals surface area contributed by atoms with Gasteiger partial charge in [-0.2, -0.15) is 8.78 Å². The monoisotopic (exact) mass is 732 g/mol. The van der Waals surface area contributed by atoms with Crippen LogP contribution in [0.5, 0.6) is 0 Å². The van der Waals surface area contributed by atoms with E-state index in [9.17, 15) is 27.1 Å². The number of carboxylic acid groups (broad SMARTS) is 1. The second-order valence-electron chi connectivity index (χ2n) is 19.1. The molecule has 3 saturated carbocycles. The molecule has 2 N–H and O–H groups in total. The van der Waals surface area contributed by atoms with Crippen LogP contribution in [-0.4, -0.2) is 73.5 Å². The summed E-state index contributed by atoms with van der Waals surface area (Å²) in [7, 11) is -2.89. The number of allylic oxidation sites excluding steroid dienone is 5. The smallest absolute Gasteiger partial charge is 0.375 e. The maximum atomic E-state index is 14.6. The lowest BCUT2D eigenvalue weighted by Crippen LogP contribution is -2.61. The second-order valence-corrected chi connectivity index (χ2v) is 21.4. The number of carboxylic acids is 1. The molecule has 0 spiro atoms. The molecule has 0 aromatic heterocycles. The highest BCUT2D eigenvalue weighted by Crippen LogP contribution is 2.65. The molecule has 0 aromatic rings. The SMILES string of the molecule is C=C(C)C1CCC2(NCCN3CCS(=O)(=O)CC3)CCC3(C)C(C)CCC4C(C)(CC=C(C5=CC(C(F)(F)C(=O)O)CC5)C4(C)C)CCCC3C12. The quantitative estimate of drug-likeness (QED) is 0.243. The van der Waals surface area contributed by atoms with Gasteiger partial charge in [0.15, 0.2) is 9.84 Å². The van der Waals surface area contributed by atoms with Crippen molar-refractivity contribution in [1.29, 1.82) is 0 Å². The van der Waals surface area contributed by atoms with Gasteiger partial charge in [-0.25, -0.2) is 13.2 Å². The Morgan fingerprint density at radius 2 is 1.75 bits per heavy atom. The molecule has 5 aliphatic carbocycles. The number of hydrogen-bond acceptors (Lipinski definition) is 5. The highest BCUT2D eigenvalue weighted by atomic mass is 32.2. The zero-order valence-electron chi connectivity index (χ0n) is 32.3. The third-order valence-corrected chi connectivity index (χ3v) is 17.6. The van der Waals surface area contributed by atoms with Crippen molar-refractivity contribution in [3.8, 4) is 0 Å². The summed E-state index contributed by atoms with van der Waals surface area (Å²) < 4.78 is 53.1. The summed E-state index contributed by atoms with van der Waals surface area (Å²) in [5.41, 5.74) is 3.68. The van der Waals surface area contributed by atoms with Crippen LogP contribution < -0.4 is 5.32 Å². The van der Waals surface area contributed by atoms with E-state index in [2.05, 4.69) is 64.4 Å². The van der Waals surface area contributed by atoms with Crippen molar-refractivity contribution in [3.05, 3.63) is 35.5 Å². The minimum atomic E-state index is -3.73. The summed E-state index contributed by atoms with van der Waals surface area (Å²) >= 11 is 0. The van der Waals surface area contributed by atoms with Gasteiger partial charge in [0.05, 0.1) is 17.4 Å². The summed E-state index contributed by atoms with van der Waals surface area (Å²) in [5.74, 6) is -3.86. The Kier molecular flexibility index (Phi) is 10.7. The van der Waals surface area contributed by atoms with Crippen molar-refractivity contribution >= 4 is 15.8 Å². The molecule has 6 nitrogen and oxygen atoms in total. The lowest BCUT2D eigenvalue weighted by Gasteiger charge is -2.59. The molecule has 6 rings (SSSR count). The van der Waals surface area contributed by atoms with Crippen molar-refractivity contribution in [2.45, 2.75) is 130 Å². The molecular weight excluding hydrogens is 667 g/mol. The first-order valence-electron chi connectivity index (χ1n) is 20.1. The van der Waals surface area contributed by atoms with E-state index in [0.29, 0.717) is 49.1 Å². The van der Waals surface area contributed by atoms with Gasteiger partial charge < -0.3 is 15.3 Å². The minimum Gasteiger partial charge on any atom is -0.477 e. The average Bonchev–Trinajstić information content (AvgIpc) is 3.69. The molecule has 9 unspecified atom stereocenters. The van der Waals surface area contributed by atoms with Crippen molar-refractivity contribution in [1.82, 2.24) is 10.2 Å². The Morgan fingerprint density at radius 1 is 1.04 bits per heavy atom. The molecule has 6 aliphatic rings. The van der Waals surface area contributed by atoms with E-state index < -0.39 is 27.6 Å². The number of fused-ring (bicyclic) bond motifs is 4. The molecule has 0 bridgehead atoms. The average molecular weight is 733 g/mol. The molecule has 1 saturated heterocycles.